The molecule has 98 valence electrons. The number of hydrogen-bond donors (Lipinski definition) is 1. The Balaban J connectivity index is 2.34. The zero-order valence-electron chi connectivity index (χ0n) is 11.3. The standard InChI is InChI=1S/C16H22O2/c1-11-8-12(2)10-13(9-11)14-6-4-3-5-7-15(14)16(17)18/h8-10,14-15H,3-7H2,1-2H3,(H,17,18). The van der Waals surface area contributed by atoms with Gasteiger partial charge in [-0.1, -0.05) is 48.6 Å². The second-order valence-corrected chi connectivity index (χ2v) is 5.61. The molecule has 0 aromatic heterocycles. The Labute approximate surface area is 109 Å². The molecule has 1 aromatic rings. The highest BCUT2D eigenvalue weighted by molar-refractivity contribution is 5.71. The predicted octanol–water partition coefficient (Wildman–Crippen LogP) is 4.05. The number of carbonyl (C=O) groups is 1. The summed E-state index contributed by atoms with van der Waals surface area (Å²) in [4.78, 5) is 11.5. The van der Waals surface area contributed by atoms with E-state index in [0.717, 1.165) is 25.7 Å². The van der Waals surface area contributed by atoms with E-state index in [2.05, 4.69) is 32.0 Å². The molecule has 0 aliphatic heterocycles. The molecule has 0 spiro atoms. The van der Waals surface area contributed by atoms with Crippen LogP contribution in [0.3, 0.4) is 0 Å². The first-order valence-corrected chi connectivity index (χ1v) is 6.89. The second kappa shape index (κ2) is 5.55. The smallest absolute Gasteiger partial charge is 0.307 e. The molecule has 0 amide bonds. The van der Waals surface area contributed by atoms with E-state index in [-0.39, 0.29) is 11.8 Å². The number of hydrogen-bond acceptors (Lipinski definition) is 1. The SMILES string of the molecule is Cc1cc(C)cc(C2CCCCCC2C(=O)O)c1. The molecule has 0 bridgehead atoms. The van der Waals surface area contributed by atoms with Crippen LogP contribution < -0.4 is 0 Å². The second-order valence-electron chi connectivity index (χ2n) is 5.61. The van der Waals surface area contributed by atoms with Crippen LogP contribution in [0.1, 0.15) is 54.7 Å². The minimum Gasteiger partial charge on any atom is -0.481 e. The van der Waals surface area contributed by atoms with E-state index in [9.17, 15) is 9.90 Å². The molecular formula is C16H22O2. The molecule has 2 nitrogen and oxygen atoms in total. The molecule has 0 heterocycles. The van der Waals surface area contributed by atoms with Crippen molar-refractivity contribution in [3.05, 3.63) is 34.9 Å². The maximum atomic E-state index is 11.5. The third kappa shape index (κ3) is 2.92. The highest BCUT2D eigenvalue weighted by Gasteiger charge is 2.30. The van der Waals surface area contributed by atoms with Gasteiger partial charge in [0.05, 0.1) is 5.92 Å². The monoisotopic (exact) mass is 246 g/mol. The molecule has 1 aromatic carbocycles. The van der Waals surface area contributed by atoms with E-state index in [1.165, 1.54) is 23.1 Å². The van der Waals surface area contributed by atoms with Crippen LogP contribution >= 0.6 is 0 Å². The number of aliphatic carboxylic acids is 1. The van der Waals surface area contributed by atoms with Gasteiger partial charge in [0.25, 0.3) is 0 Å². The molecule has 1 aliphatic carbocycles. The Hall–Kier alpha value is -1.31. The highest BCUT2D eigenvalue weighted by atomic mass is 16.4. The summed E-state index contributed by atoms with van der Waals surface area (Å²) in [6.45, 7) is 4.17. The number of rotatable bonds is 2. The molecule has 1 aliphatic rings. The van der Waals surface area contributed by atoms with Crippen molar-refractivity contribution in [3.63, 3.8) is 0 Å². The summed E-state index contributed by atoms with van der Waals surface area (Å²) >= 11 is 0. The van der Waals surface area contributed by atoms with Crippen molar-refractivity contribution in [2.24, 2.45) is 5.92 Å². The summed E-state index contributed by atoms with van der Waals surface area (Å²) in [6.07, 6.45) is 5.22. The summed E-state index contributed by atoms with van der Waals surface area (Å²) < 4.78 is 0. The average Bonchev–Trinajstić information content (AvgIpc) is 2.52. The molecule has 2 atom stereocenters. The number of benzene rings is 1. The number of aryl methyl sites for hydroxylation is 2. The van der Waals surface area contributed by atoms with Crippen molar-refractivity contribution in [2.75, 3.05) is 0 Å². The Morgan fingerprint density at radius 1 is 1.06 bits per heavy atom. The van der Waals surface area contributed by atoms with Crippen LogP contribution in [0.25, 0.3) is 0 Å². The summed E-state index contributed by atoms with van der Waals surface area (Å²) in [5, 5.41) is 9.43. The van der Waals surface area contributed by atoms with Crippen molar-refractivity contribution in [1.29, 1.82) is 0 Å². The lowest BCUT2D eigenvalue weighted by molar-refractivity contribution is -0.142. The van der Waals surface area contributed by atoms with Gasteiger partial charge in [-0.25, -0.2) is 0 Å². The van der Waals surface area contributed by atoms with Crippen molar-refractivity contribution in [2.45, 2.75) is 51.9 Å². The lowest BCUT2D eigenvalue weighted by Crippen LogP contribution is -2.21. The Morgan fingerprint density at radius 3 is 2.28 bits per heavy atom. The van der Waals surface area contributed by atoms with Crippen LogP contribution in [0.5, 0.6) is 0 Å². The lowest BCUT2D eigenvalue weighted by Gasteiger charge is -2.22. The van der Waals surface area contributed by atoms with Gasteiger partial charge in [0, 0.05) is 0 Å². The first-order valence-electron chi connectivity index (χ1n) is 6.89. The van der Waals surface area contributed by atoms with Gasteiger partial charge in [-0.3, -0.25) is 4.79 Å². The van der Waals surface area contributed by atoms with E-state index < -0.39 is 5.97 Å². The Bertz CT molecular complexity index is 416. The van der Waals surface area contributed by atoms with Crippen molar-refractivity contribution in [3.8, 4) is 0 Å². The first-order chi connectivity index (χ1) is 8.58. The van der Waals surface area contributed by atoms with Crippen LogP contribution in [-0.2, 0) is 4.79 Å². The number of carboxylic acid groups (broad SMARTS) is 1. The largest absolute Gasteiger partial charge is 0.481 e. The fraction of sp³-hybridized carbons (Fsp3) is 0.562. The fourth-order valence-corrected chi connectivity index (χ4v) is 3.23. The molecule has 0 radical (unpaired) electrons. The van der Waals surface area contributed by atoms with Crippen LogP contribution in [0.2, 0.25) is 0 Å². The van der Waals surface area contributed by atoms with E-state index >= 15 is 0 Å². The topological polar surface area (TPSA) is 37.3 Å². The molecule has 0 saturated heterocycles. The minimum atomic E-state index is -0.624. The highest BCUT2D eigenvalue weighted by Crippen LogP contribution is 2.37. The quantitative estimate of drug-likeness (QED) is 0.799. The minimum absolute atomic E-state index is 0.198. The van der Waals surface area contributed by atoms with Gasteiger partial charge in [-0.2, -0.15) is 0 Å². The third-order valence-corrected chi connectivity index (χ3v) is 4.01. The maximum Gasteiger partial charge on any atom is 0.307 e. The van der Waals surface area contributed by atoms with Gasteiger partial charge in [-0.15, -0.1) is 0 Å². The van der Waals surface area contributed by atoms with Crippen LogP contribution in [0.4, 0.5) is 0 Å². The molecule has 18 heavy (non-hydrogen) atoms. The van der Waals surface area contributed by atoms with E-state index in [1.807, 2.05) is 0 Å². The van der Waals surface area contributed by atoms with E-state index in [0.29, 0.717) is 0 Å². The Kier molecular flexibility index (Phi) is 4.05. The summed E-state index contributed by atoms with van der Waals surface area (Å²) in [5.74, 6) is -0.627. The molecule has 2 heteroatoms. The van der Waals surface area contributed by atoms with E-state index in [1.54, 1.807) is 0 Å². The summed E-state index contributed by atoms with van der Waals surface area (Å²) in [6, 6.07) is 6.48. The molecule has 1 saturated carbocycles. The zero-order chi connectivity index (χ0) is 13.1. The van der Waals surface area contributed by atoms with Crippen LogP contribution in [-0.4, -0.2) is 11.1 Å². The maximum absolute atomic E-state index is 11.5. The predicted molar refractivity (Wildman–Crippen MR) is 72.9 cm³/mol. The molecule has 1 fully saturated rings. The van der Waals surface area contributed by atoms with Gasteiger partial charge >= 0.3 is 5.97 Å². The van der Waals surface area contributed by atoms with Gasteiger partial charge in [-0.05, 0) is 38.2 Å². The molecule has 1 N–H and O–H groups in total. The molecule has 2 rings (SSSR count). The fourth-order valence-electron chi connectivity index (χ4n) is 3.23. The van der Waals surface area contributed by atoms with Crippen LogP contribution in [0, 0.1) is 19.8 Å². The first kappa shape index (κ1) is 13.1. The zero-order valence-corrected chi connectivity index (χ0v) is 11.3. The van der Waals surface area contributed by atoms with Gasteiger partial charge in [0.15, 0.2) is 0 Å². The van der Waals surface area contributed by atoms with Crippen molar-refractivity contribution >= 4 is 5.97 Å². The summed E-state index contributed by atoms with van der Waals surface area (Å²) in [5.41, 5.74) is 3.69. The van der Waals surface area contributed by atoms with E-state index in [4.69, 9.17) is 0 Å². The Morgan fingerprint density at radius 2 is 1.67 bits per heavy atom. The summed E-state index contributed by atoms with van der Waals surface area (Å²) in [7, 11) is 0. The molecule has 2 unspecified atom stereocenters. The number of carboxylic acids is 1. The van der Waals surface area contributed by atoms with Gasteiger partial charge in [0.2, 0.25) is 0 Å². The molecular weight excluding hydrogens is 224 g/mol. The lowest BCUT2D eigenvalue weighted by atomic mass is 9.81. The third-order valence-electron chi connectivity index (χ3n) is 4.01. The normalized spacial score (nSPS) is 24.6. The van der Waals surface area contributed by atoms with Crippen molar-refractivity contribution < 1.29 is 9.90 Å². The van der Waals surface area contributed by atoms with Gasteiger partial charge < -0.3 is 5.11 Å². The van der Waals surface area contributed by atoms with Crippen molar-refractivity contribution in [1.82, 2.24) is 0 Å². The average molecular weight is 246 g/mol. The van der Waals surface area contributed by atoms with Gasteiger partial charge in [0.1, 0.15) is 0 Å². The van der Waals surface area contributed by atoms with Crippen LogP contribution in [0.15, 0.2) is 18.2 Å².